The summed E-state index contributed by atoms with van der Waals surface area (Å²) in [6, 6.07) is 15.7. The van der Waals surface area contributed by atoms with Gasteiger partial charge in [-0.25, -0.2) is 4.39 Å². The molecule has 1 aliphatic heterocycles. The fraction of sp³-hybridized carbons (Fsp3) is 0.160. The first kappa shape index (κ1) is 19.9. The molecule has 2 aromatic heterocycles. The van der Waals surface area contributed by atoms with Crippen LogP contribution in [-0.4, -0.2) is 22.0 Å². The minimum absolute atomic E-state index is 0.107. The summed E-state index contributed by atoms with van der Waals surface area (Å²) in [5.41, 5.74) is 8.25. The van der Waals surface area contributed by atoms with Gasteiger partial charge in [0.1, 0.15) is 11.4 Å². The Kier molecular flexibility index (Phi) is 4.93. The number of nitrogens with zero attached hydrogens (tertiary/aromatic N) is 3. The van der Waals surface area contributed by atoms with E-state index in [4.69, 9.17) is 5.73 Å². The van der Waals surface area contributed by atoms with E-state index in [0.29, 0.717) is 16.6 Å². The summed E-state index contributed by atoms with van der Waals surface area (Å²) < 4.78 is 15.1. The van der Waals surface area contributed by atoms with Crippen molar-refractivity contribution in [3.63, 3.8) is 0 Å². The van der Waals surface area contributed by atoms with Crippen molar-refractivity contribution in [1.29, 1.82) is 0 Å². The Hall–Kier alpha value is -4.00. The topological polar surface area (TPSA) is 81.2 Å². The Labute approximate surface area is 183 Å². The number of primary amides is 1. The molecule has 32 heavy (non-hydrogen) atoms. The molecule has 1 fully saturated rings. The summed E-state index contributed by atoms with van der Waals surface area (Å²) in [7, 11) is 0. The number of nitrogens with two attached hydrogens (primary N) is 1. The average Bonchev–Trinajstić information content (AvgIpc) is 3.30. The molecular weight excluding hydrogens is 407 g/mol. The van der Waals surface area contributed by atoms with Crippen molar-refractivity contribution < 1.29 is 9.18 Å². The van der Waals surface area contributed by atoms with Crippen LogP contribution in [0, 0.1) is 5.82 Å². The normalized spacial score (nSPS) is 15.9. The van der Waals surface area contributed by atoms with Crippen molar-refractivity contribution in [2.45, 2.75) is 18.9 Å². The number of hydrogen-bond acceptors (Lipinski definition) is 4. The number of hydrogen-bond donors (Lipinski definition) is 1. The van der Waals surface area contributed by atoms with Gasteiger partial charge < -0.3 is 15.2 Å². The maximum Gasteiger partial charge on any atom is 0.254 e. The SMILES string of the molecule is NC(=O)c1cn(-c2ccc(F)cc2)c2ccc(N3CCCC3c3cccnc3)cc2c1=O. The van der Waals surface area contributed by atoms with E-state index in [9.17, 15) is 14.0 Å². The zero-order valence-electron chi connectivity index (χ0n) is 17.2. The van der Waals surface area contributed by atoms with Crippen LogP contribution < -0.4 is 16.1 Å². The molecule has 1 saturated heterocycles. The predicted molar refractivity (Wildman–Crippen MR) is 122 cm³/mol. The van der Waals surface area contributed by atoms with Gasteiger partial charge in [-0.1, -0.05) is 6.07 Å². The van der Waals surface area contributed by atoms with E-state index < -0.39 is 11.3 Å². The molecule has 0 spiro atoms. The standard InChI is InChI=1S/C25H21FN4O2/c26-17-5-7-18(8-6-17)30-15-21(25(27)32)24(31)20-13-19(9-10-23(20)30)29-12-2-4-22(29)16-3-1-11-28-14-16/h1,3,5-11,13-15,22H,2,4,12H2,(H2,27,32). The van der Waals surface area contributed by atoms with Gasteiger partial charge in [0.25, 0.3) is 5.91 Å². The van der Waals surface area contributed by atoms with Crippen LogP contribution in [0.4, 0.5) is 10.1 Å². The Balaban J connectivity index is 1.68. The van der Waals surface area contributed by atoms with E-state index >= 15 is 0 Å². The molecule has 1 aliphatic rings. The fourth-order valence-electron chi connectivity index (χ4n) is 4.48. The Morgan fingerprint density at radius 2 is 1.88 bits per heavy atom. The third-order valence-corrected chi connectivity index (χ3v) is 6.01. The van der Waals surface area contributed by atoms with Gasteiger partial charge in [0.05, 0.1) is 11.6 Å². The molecule has 0 bridgehead atoms. The van der Waals surface area contributed by atoms with Gasteiger partial charge in [-0.2, -0.15) is 0 Å². The highest BCUT2D eigenvalue weighted by Crippen LogP contribution is 2.36. The van der Waals surface area contributed by atoms with E-state index in [1.165, 1.54) is 18.3 Å². The first-order chi connectivity index (χ1) is 15.5. The molecule has 1 amide bonds. The summed E-state index contributed by atoms with van der Waals surface area (Å²) in [6.07, 6.45) is 7.07. The second-order valence-electron chi connectivity index (χ2n) is 7.92. The zero-order chi connectivity index (χ0) is 22.2. The maximum absolute atomic E-state index is 13.4. The molecule has 0 aliphatic carbocycles. The average molecular weight is 428 g/mol. The minimum atomic E-state index is -0.799. The number of anilines is 1. The lowest BCUT2D eigenvalue weighted by molar-refractivity contribution is 0.0999. The van der Waals surface area contributed by atoms with Gasteiger partial charge in [-0.05, 0) is 66.9 Å². The van der Waals surface area contributed by atoms with Crippen LogP contribution in [0.1, 0.15) is 34.8 Å². The number of carbonyl (C=O) groups is 1. The van der Waals surface area contributed by atoms with Crippen LogP contribution in [0.15, 0.2) is 78.0 Å². The summed E-state index contributed by atoms with van der Waals surface area (Å²) in [4.78, 5) is 31.6. The molecule has 1 unspecified atom stereocenters. The molecule has 6 nitrogen and oxygen atoms in total. The van der Waals surface area contributed by atoms with Crippen molar-refractivity contribution in [2.75, 3.05) is 11.4 Å². The molecule has 4 aromatic rings. The monoisotopic (exact) mass is 428 g/mol. The van der Waals surface area contributed by atoms with E-state index in [0.717, 1.165) is 30.6 Å². The van der Waals surface area contributed by atoms with Crippen molar-refractivity contribution in [3.05, 3.63) is 100 Å². The quantitative estimate of drug-likeness (QED) is 0.533. The van der Waals surface area contributed by atoms with Crippen molar-refractivity contribution >= 4 is 22.5 Å². The maximum atomic E-state index is 13.4. The van der Waals surface area contributed by atoms with Gasteiger partial charge >= 0.3 is 0 Å². The number of halogens is 1. The Bertz CT molecular complexity index is 1370. The van der Waals surface area contributed by atoms with Crippen LogP contribution >= 0.6 is 0 Å². The highest BCUT2D eigenvalue weighted by molar-refractivity contribution is 5.97. The molecule has 1 atom stereocenters. The first-order valence-electron chi connectivity index (χ1n) is 10.4. The highest BCUT2D eigenvalue weighted by Gasteiger charge is 2.27. The van der Waals surface area contributed by atoms with Crippen molar-refractivity contribution in [1.82, 2.24) is 9.55 Å². The Morgan fingerprint density at radius 1 is 1.09 bits per heavy atom. The summed E-state index contributed by atoms with van der Waals surface area (Å²) >= 11 is 0. The lowest BCUT2D eigenvalue weighted by Gasteiger charge is -2.27. The smallest absolute Gasteiger partial charge is 0.254 e. The van der Waals surface area contributed by atoms with Crippen LogP contribution in [0.25, 0.3) is 16.6 Å². The lowest BCUT2D eigenvalue weighted by Crippen LogP contribution is -2.25. The minimum Gasteiger partial charge on any atom is -0.365 e. The molecule has 0 saturated carbocycles. The van der Waals surface area contributed by atoms with E-state index in [-0.39, 0.29) is 17.4 Å². The van der Waals surface area contributed by atoms with Crippen LogP contribution in [0.3, 0.4) is 0 Å². The van der Waals surface area contributed by atoms with Crippen LogP contribution in [-0.2, 0) is 0 Å². The molecule has 5 rings (SSSR count). The second-order valence-corrected chi connectivity index (χ2v) is 7.92. The highest BCUT2D eigenvalue weighted by atomic mass is 19.1. The van der Waals surface area contributed by atoms with Gasteiger partial charge in [-0.15, -0.1) is 0 Å². The number of carbonyl (C=O) groups excluding carboxylic acids is 1. The molecule has 2 N–H and O–H groups in total. The van der Waals surface area contributed by atoms with Crippen LogP contribution in [0.5, 0.6) is 0 Å². The van der Waals surface area contributed by atoms with Gasteiger partial charge in [0.15, 0.2) is 0 Å². The third-order valence-electron chi connectivity index (χ3n) is 6.01. The molecule has 0 radical (unpaired) electrons. The molecule has 7 heteroatoms. The number of pyridine rings is 2. The van der Waals surface area contributed by atoms with E-state index in [1.54, 1.807) is 22.9 Å². The summed E-state index contributed by atoms with van der Waals surface area (Å²) in [6.45, 7) is 0.854. The molecule has 2 aromatic carbocycles. The number of fused-ring (bicyclic) bond motifs is 1. The van der Waals surface area contributed by atoms with E-state index in [2.05, 4.69) is 16.0 Å². The largest absolute Gasteiger partial charge is 0.365 e. The van der Waals surface area contributed by atoms with Gasteiger partial charge in [0, 0.05) is 41.9 Å². The lowest BCUT2D eigenvalue weighted by atomic mass is 10.1. The first-order valence-corrected chi connectivity index (χ1v) is 10.4. The van der Waals surface area contributed by atoms with Crippen LogP contribution in [0.2, 0.25) is 0 Å². The zero-order valence-corrected chi connectivity index (χ0v) is 17.2. The number of rotatable bonds is 4. The number of benzene rings is 2. The Morgan fingerprint density at radius 3 is 2.59 bits per heavy atom. The molecule has 3 heterocycles. The summed E-state index contributed by atoms with van der Waals surface area (Å²) in [5, 5.41) is 0.389. The van der Waals surface area contributed by atoms with Gasteiger partial charge in [-0.3, -0.25) is 14.6 Å². The fourth-order valence-corrected chi connectivity index (χ4v) is 4.48. The van der Waals surface area contributed by atoms with Gasteiger partial charge in [0.2, 0.25) is 5.43 Å². The van der Waals surface area contributed by atoms with Crippen molar-refractivity contribution in [2.24, 2.45) is 5.73 Å². The van der Waals surface area contributed by atoms with Crippen molar-refractivity contribution in [3.8, 4) is 5.69 Å². The molecule has 160 valence electrons. The summed E-state index contributed by atoms with van der Waals surface area (Å²) in [5.74, 6) is -1.17. The molecular formula is C25H21FN4O2. The second kappa shape index (κ2) is 7.92. The number of aromatic nitrogens is 2. The third kappa shape index (κ3) is 3.41. The van der Waals surface area contributed by atoms with E-state index in [1.807, 2.05) is 30.5 Å². The predicted octanol–water partition coefficient (Wildman–Crippen LogP) is 3.97. The number of amides is 1.